The van der Waals surface area contributed by atoms with E-state index in [-0.39, 0.29) is 0 Å². The third kappa shape index (κ3) is 3.85. The van der Waals surface area contributed by atoms with E-state index in [0.29, 0.717) is 0 Å². The van der Waals surface area contributed by atoms with Crippen molar-refractivity contribution >= 4 is 43.1 Å². The lowest BCUT2D eigenvalue weighted by atomic mass is 9.85. The van der Waals surface area contributed by atoms with Crippen molar-refractivity contribution in [3.63, 3.8) is 0 Å². The summed E-state index contributed by atoms with van der Waals surface area (Å²) in [5.41, 5.74) is 10.1. The molecule has 0 heteroatoms. The van der Waals surface area contributed by atoms with Crippen molar-refractivity contribution < 1.29 is 0 Å². The first kappa shape index (κ1) is 24.8. The van der Waals surface area contributed by atoms with Gasteiger partial charge in [-0.2, -0.15) is 0 Å². The van der Waals surface area contributed by atoms with E-state index in [9.17, 15) is 0 Å². The van der Waals surface area contributed by atoms with Crippen molar-refractivity contribution in [2.24, 2.45) is 0 Å². The fourth-order valence-electron chi connectivity index (χ4n) is 7.18. The van der Waals surface area contributed by atoms with E-state index in [2.05, 4.69) is 170 Å². The molecule has 0 atom stereocenters. The summed E-state index contributed by atoms with van der Waals surface area (Å²) >= 11 is 0. The predicted octanol–water partition coefficient (Wildman–Crippen LogP) is 12.4. The van der Waals surface area contributed by atoms with Gasteiger partial charge in [-0.05, 0) is 87.6 Å². The Bertz CT molecular complexity index is 2450. The molecule has 0 aromatic heterocycles. The smallest absolute Gasteiger partial charge is 0.00203 e. The fourth-order valence-corrected chi connectivity index (χ4v) is 7.18. The van der Waals surface area contributed by atoms with Gasteiger partial charge < -0.3 is 0 Å². The first-order valence-electron chi connectivity index (χ1n) is 15.3. The Kier molecular flexibility index (Phi) is 5.61. The number of hydrogen-bond donors (Lipinski definition) is 0. The predicted molar refractivity (Wildman–Crippen MR) is 189 cm³/mol. The molecule has 0 aliphatic heterocycles. The van der Waals surface area contributed by atoms with E-state index in [1.807, 2.05) is 0 Å². The highest BCUT2D eigenvalue weighted by Gasteiger charge is 2.17. The molecule has 44 heavy (non-hydrogen) atoms. The second-order valence-corrected chi connectivity index (χ2v) is 11.7. The van der Waals surface area contributed by atoms with Crippen molar-refractivity contribution in [2.75, 3.05) is 0 Å². The zero-order valence-electron chi connectivity index (χ0n) is 24.2. The topological polar surface area (TPSA) is 0 Å². The standard InChI is InChI=1S/C44H28/c1-3-9-29(10-4-1)30-17-19-32(20-18-30)36-25-21-34-24-28-41-38(26-22-35-23-27-40(36)43(34)44(35)41)39-16-8-14-33-13-7-15-37(42(33)39)31-11-5-2-6-12-31/h1-28H. The Labute approximate surface area is 256 Å². The van der Waals surface area contributed by atoms with Crippen LogP contribution in [0.1, 0.15) is 0 Å². The quantitative estimate of drug-likeness (QED) is 0.189. The minimum absolute atomic E-state index is 1.24. The van der Waals surface area contributed by atoms with E-state index < -0.39 is 0 Å². The molecule has 0 aliphatic carbocycles. The maximum Gasteiger partial charge on any atom is -0.00203 e. The van der Waals surface area contributed by atoms with E-state index in [1.165, 1.54) is 87.6 Å². The Balaban J connectivity index is 1.27. The lowest BCUT2D eigenvalue weighted by Gasteiger charge is -2.18. The van der Waals surface area contributed by atoms with Crippen molar-refractivity contribution in [1.29, 1.82) is 0 Å². The third-order valence-corrected chi connectivity index (χ3v) is 9.25. The van der Waals surface area contributed by atoms with Gasteiger partial charge in [0.1, 0.15) is 0 Å². The van der Waals surface area contributed by atoms with Gasteiger partial charge in [-0.3, -0.25) is 0 Å². The van der Waals surface area contributed by atoms with Crippen molar-refractivity contribution in [2.45, 2.75) is 0 Å². The molecule has 0 nitrogen and oxygen atoms in total. The molecule has 0 saturated heterocycles. The SMILES string of the molecule is c1ccc(-c2ccc(-c3ccc4ccc5c(-c6cccc7cccc(-c8ccccc8)c67)ccc6ccc3c4c65)cc2)cc1. The Morgan fingerprint density at radius 3 is 1.32 bits per heavy atom. The van der Waals surface area contributed by atoms with Crippen LogP contribution in [0.5, 0.6) is 0 Å². The van der Waals surface area contributed by atoms with Crippen LogP contribution < -0.4 is 0 Å². The zero-order valence-corrected chi connectivity index (χ0v) is 24.2. The van der Waals surface area contributed by atoms with Crippen molar-refractivity contribution in [1.82, 2.24) is 0 Å². The van der Waals surface area contributed by atoms with Crippen LogP contribution in [0.2, 0.25) is 0 Å². The number of benzene rings is 9. The first-order chi connectivity index (χ1) is 21.8. The lowest BCUT2D eigenvalue weighted by Crippen LogP contribution is -1.91. The van der Waals surface area contributed by atoms with Crippen LogP contribution in [0.4, 0.5) is 0 Å². The van der Waals surface area contributed by atoms with Gasteiger partial charge in [-0.1, -0.05) is 170 Å². The lowest BCUT2D eigenvalue weighted by molar-refractivity contribution is 1.61. The molecule has 9 aromatic carbocycles. The van der Waals surface area contributed by atoms with Crippen LogP contribution >= 0.6 is 0 Å². The molecule has 0 fully saturated rings. The number of rotatable bonds is 4. The highest BCUT2D eigenvalue weighted by molar-refractivity contribution is 6.28. The largest absolute Gasteiger partial charge is 0.0622 e. The van der Waals surface area contributed by atoms with E-state index >= 15 is 0 Å². The molecule has 0 saturated carbocycles. The molecular formula is C44H28. The summed E-state index contributed by atoms with van der Waals surface area (Å²) in [6.07, 6.45) is 0. The van der Waals surface area contributed by atoms with Crippen LogP contribution in [0.3, 0.4) is 0 Å². The second kappa shape index (κ2) is 9.93. The molecule has 0 N–H and O–H groups in total. The van der Waals surface area contributed by atoms with E-state index in [0.717, 1.165) is 0 Å². The van der Waals surface area contributed by atoms with Gasteiger partial charge in [0.15, 0.2) is 0 Å². The molecule has 9 rings (SSSR count). The van der Waals surface area contributed by atoms with Crippen LogP contribution in [0, 0.1) is 0 Å². The minimum atomic E-state index is 1.24. The van der Waals surface area contributed by atoms with Gasteiger partial charge in [-0.15, -0.1) is 0 Å². The first-order valence-corrected chi connectivity index (χ1v) is 15.3. The molecule has 204 valence electrons. The van der Waals surface area contributed by atoms with Gasteiger partial charge in [0.2, 0.25) is 0 Å². The minimum Gasteiger partial charge on any atom is -0.0622 e. The van der Waals surface area contributed by atoms with Crippen LogP contribution in [0.25, 0.3) is 87.6 Å². The Hall–Kier alpha value is -5.72. The summed E-state index contributed by atoms with van der Waals surface area (Å²) in [5.74, 6) is 0. The molecule has 0 unspecified atom stereocenters. The molecule has 0 spiro atoms. The van der Waals surface area contributed by atoms with Crippen LogP contribution in [0.15, 0.2) is 170 Å². The summed E-state index contributed by atoms with van der Waals surface area (Å²) in [6, 6.07) is 62.2. The number of hydrogen-bond acceptors (Lipinski definition) is 0. The fraction of sp³-hybridized carbons (Fsp3) is 0. The summed E-state index contributed by atoms with van der Waals surface area (Å²) in [4.78, 5) is 0. The van der Waals surface area contributed by atoms with Gasteiger partial charge >= 0.3 is 0 Å². The number of fused-ring (bicyclic) bond motifs is 1. The maximum absolute atomic E-state index is 2.33. The van der Waals surface area contributed by atoms with E-state index in [4.69, 9.17) is 0 Å². The monoisotopic (exact) mass is 556 g/mol. The van der Waals surface area contributed by atoms with Crippen LogP contribution in [-0.2, 0) is 0 Å². The Morgan fingerprint density at radius 2 is 0.659 bits per heavy atom. The molecule has 0 amide bonds. The normalized spacial score (nSPS) is 11.6. The highest BCUT2D eigenvalue weighted by Crippen LogP contribution is 2.45. The van der Waals surface area contributed by atoms with Gasteiger partial charge in [0.05, 0.1) is 0 Å². The summed E-state index contributed by atoms with van der Waals surface area (Å²) in [5, 5.41) is 10.4. The average molecular weight is 557 g/mol. The second-order valence-electron chi connectivity index (χ2n) is 11.7. The van der Waals surface area contributed by atoms with Crippen LogP contribution in [-0.4, -0.2) is 0 Å². The summed E-state index contributed by atoms with van der Waals surface area (Å²) in [7, 11) is 0. The van der Waals surface area contributed by atoms with Gasteiger partial charge in [-0.25, -0.2) is 0 Å². The van der Waals surface area contributed by atoms with Crippen molar-refractivity contribution in [3.05, 3.63) is 170 Å². The van der Waals surface area contributed by atoms with Gasteiger partial charge in [0.25, 0.3) is 0 Å². The van der Waals surface area contributed by atoms with Gasteiger partial charge in [0, 0.05) is 0 Å². The zero-order chi connectivity index (χ0) is 29.0. The van der Waals surface area contributed by atoms with Crippen molar-refractivity contribution in [3.8, 4) is 44.5 Å². The molecule has 9 aromatic rings. The van der Waals surface area contributed by atoms with E-state index in [1.54, 1.807) is 0 Å². The molecule has 0 heterocycles. The highest BCUT2D eigenvalue weighted by atomic mass is 14.2. The molecule has 0 radical (unpaired) electrons. The average Bonchev–Trinajstić information content (AvgIpc) is 3.11. The molecule has 0 bridgehead atoms. The third-order valence-electron chi connectivity index (χ3n) is 9.25. The summed E-state index contributed by atoms with van der Waals surface area (Å²) in [6.45, 7) is 0. The Morgan fingerprint density at radius 1 is 0.205 bits per heavy atom. The maximum atomic E-state index is 2.33. The molecule has 0 aliphatic rings. The molecular weight excluding hydrogens is 528 g/mol. The summed E-state index contributed by atoms with van der Waals surface area (Å²) < 4.78 is 0.